The van der Waals surface area contributed by atoms with E-state index in [0.717, 1.165) is 51.4 Å². The number of allylic oxidation sites excluding steroid dienone is 7. The van der Waals surface area contributed by atoms with E-state index >= 15 is 0 Å². The molecule has 0 saturated heterocycles. The van der Waals surface area contributed by atoms with Crippen molar-refractivity contribution in [3.05, 3.63) is 48.6 Å². The zero-order valence-electron chi connectivity index (χ0n) is 35.1. The third kappa shape index (κ3) is 39.8. The van der Waals surface area contributed by atoms with E-state index in [4.69, 9.17) is 0 Å². The Morgan fingerprint density at radius 1 is 0.472 bits per heavy atom. The minimum atomic E-state index is -0.962. The van der Waals surface area contributed by atoms with Gasteiger partial charge in [0.25, 0.3) is 0 Å². The molecule has 5 heteroatoms. The van der Waals surface area contributed by atoms with Crippen LogP contribution in [0.1, 0.15) is 226 Å². The summed E-state index contributed by atoms with van der Waals surface area (Å²) in [5, 5.41) is 33.2. The van der Waals surface area contributed by atoms with Crippen molar-refractivity contribution in [2.45, 2.75) is 244 Å². The van der Waals surface area contributed by atoms with Crippen LogP contribution in [0.3, 0.4) is 0 Å². The van der Waals surface area contributed by atoms with Gasteiger partial charge in [-0.25, -0.2) is 0 Å². The summed E-state index contributed by atoms with van der Waals surface area (Å²) in [4.78, 5) is 12.4. The topological polar surface area (TPSA) is 89.8 Å². The van der Waals surface area contributed by atoms with E-state index in [9.17, 15) is 20.1 Å². The molecule has 3 atom stereocenters. The van der Waals surface area contributed by atoms with Crippen LogP contribution >= 0.6 is 0 Å². The molecular weight excluding hydrogens is 655 g/mol. The van der Waals surface area contributed by atoms with Gasteiger partial charge in [-0.1, -0.05) is 197 Å². The normalized spacial score (nSPS) is 14.0. The molecule has 0 saturated carbocycles. The summed E-state index contributed by atoms with van der Waals surface area (Å²) in [5.74, 6) is -0.335. The van der Waals surface area contributed by atoms with Crippen molar-refractivity contribution in [3.63, 3.8) is 0 Å². The van der Waals surface area contributed by atoms with Crippen LogP contribution in [0.25, 0.3) is 0 Å². The number of carbonyl (C=O) groups excluding carboxylic acids is 1. The Morgan fingerprint density at radius 2 is 0.811 bits per heavy atom. The van der Waals surface area contributed by atoms with Gasteiger partial charge in [0.2, 0.25) is 5.91 Å². The van der Waals surface area contributed by atoms with E-state index < -0.39 is 18.2 Å². The van der Waals surface area contributed by atoms with Crippen molar-refractivity contribution in [1.82, 2.24) is 5.32 Å². The van der Waals surface area contributed by atoms with Crippen molar-refractivity contribution in [2.75, 3.05) is 6.61 Å². The summed E-state index contributed by atoms with van der Waals surface area (Å²) in [6.07, 6.45) is 55.5. The molecule has 0 heterocycles. The Balaban J connectivity index is 3.74. The van der Waals surface area contributed by atoms with Crippen molar-refractivity contribution < 1.29 is 20.1 Å². The van der Waals surface area contributed by atoms with Crippen molar-refractivity contribution >= 4 is 5.91 Å². The lowest BCUT2D eigenvalue weighted by Crippen LogP contribution is -2.45. The number of carbonyl (C=O) groups is 1. The second-order valence-corrected chi connectivity index (χ2v) is 15.6. The van der Waals surface area contributed by atoms with Crippen LogP contribution in [0.2, 0.25) is 0 Å². The first-order valence-electron chi connectivity index (χ1n) is 22.9. The first-order chi connectivity index (χ1) is 26.0. The minimum Gasteiger partial charge on any atom is -0.394 e. The molecule has 5 nitrogen and oxygen atoms in total. The van der Waals surface area contributed by atoms with Crippen LogP contribution in [0, 0.1) is 0 Å². The third-order valence-electron chi connectivity index (χ3n) is 10.3. The van der Waals surface area contributed by atoms with Gasteiger partial charge in [0.05, 0.1) is 31.3 Å². The zero-order valence-corrected chi connectivity index (χ0v) is 35.1. The standard InChI is InChI=1S/C48H89NO4/c1-3-5-7-9-11-13-15-17-19-20-21-22-23-24-25-26-28-30-32-34-36-38-40-42-47(52)46(44-50)49-48(53)43-45(51)41-39-37-35-33-31-29-27-18-16-14-12-10-8-6-4-2/h18,25-27,32,34,40,42,45-47,50-52H,3-17,19-24,28-31,33,35-39,41,43-44H2,1-2H3,(H,49,53)/b26-25+,27-18-,34-32+,42-40+. The Labute approximate surface area is 329 Å². The summed E-state index contributed by atoms with van der Waals surface area (Å²) in [6, 6.07) is -0.771. The van der Waals surface area contributed by atoms with Crippen LogP contribution < -0.4 is 5.32 Å². The summed E-state index contributed by atoms with van der Waals surface area (Å²) >= 11 is 0. The van der Waals surface area contributed by atoms with Crippen molar-refractivity contribution in [1.29, 1.82) is 0 Å². The van der Waals surface area contributed by atoms with Gasteiger partial charge in [-0.3, -0.25) is 4.79 Å². The molecule has 0 radical (unpaired) electrons. The summed E-state index contributed by atoms with van der Waals surface area (Å²) < 4.78 is 0. The van der Waals surface area contributed by atoms with Gasteiger partial charge in [-0.2, -0.15) is 0 Å². The van der Waals surface area contributed by atoms with Crippen LogP contribution in [-0.2, 0) is 4.79 Å². The predicted octanol–water partition coefficient (Wildman–Crippen LogP) is 13.3. The predicted molar refractivity (Wildman–Crippen MR) is 231 cm³/mol. The molecule has 1 amide bonds. The monoisotopic (exact) mass is 744 g/mol. The number of nitrogens with one attached hydrogen (secondary N) is 1. The Bertz CT molecular complexity index is 866. The summed E-state index contributed by atoms with van der Waals surface area (Å²) in [6.45, 7) is 4.19. The molecule has 0 rings (SSSR count). The molecule has 310 valence electrons. The highest BCUT2D eigenvalue weighted by molar-refractivity contribution is 5.76. The van der Waals surface area contributed by atoms with Crippen LogP contribution in [-0.4, -0.2) is 46.1 Å². The average molecular weight is 744 g/mol. The van der Waals surface area contributed by atoms with E-state index in [1.54, 1.807) is 6.08 Å². The smallest absolute Gasteiger partial charge is 0.222 e. The Morgan fingerprint density at radius 3 is 1.21 bits per heavy atom. The largest absolute Gasteiger partial charge is 0.394 e. The average Bonchev–Trinajstić information content (AvgIpc) is 3.15. The Hall–Kier alpha value is -1.69. The number of aliphatic hydroxyl groups excluding tert-OH is 3. The summed E-state index contributed by atoms with van der Waals surface area (Å²) in [5.41, 5.74) is 0. The van der Waals surface area contributed by atoms with Crippen LogP contribution in [0.5, 0.6) is 0 Å². The highest BCUT2D eigenvalue weighted by Crippen LogP contribution is 2.14. The van der Waals surface area contributed by atoms with Crippen molar-refractivity contribution in [2.24, 2.45) is 0 Å². The van der Waals surface area contributed by atoms with E-state index in [2.05, 4.69) is 55.6 Å². The van der Waals surface area contributed by atoms with Crippen molar-refractivity contribution in [3.8, 4) is 0 Å². The van der Waals surface area contributed by atoms with E-state index in [1.807, 2.05) is 6.08 Å². The number of aliphatic hydroxyl groups is 3. The molecule has 53 heavy (non-hydrogen) atoms. The molecule has 3 unspecified atom stereocenters. The fourth-order valence-corrected chi connectivity index (χ4v) is 6.78. The number of rotatable bonds is 41. The molecule has 0 aromatic carbocycles. The van der Waals surface area contributed by atoms with Gasteiger partial charge in [0.1, 0.15) is 0 Å². The second kappa shape index (κ2) is 43.0. The number of unbranched alkanes of at least 4 members (excludes halogenated alkanes) is 26. The minimum absolute atomic E-state index is 0.00421. The number of hydrogen-bond donors (Lipinski definition) is 4. The van der Waals surface area contributed by atoms with E-state index in [0.29, 0.717) is 6.42 Å². The van der Waals surface area contributed by atoms with E-state index in [1.165, 1.54) is 148 Å². The van der Waals surface area contributed by atoms with Crippen LogP contribution in [0.15, 0.2) is 48.6 Å². The molecule has 0 spiro atoms. The molecule has 0 aliphatic rings. The van der Waals surface area contributed by atoms with Gasteiger partial charge in [0.15, 0.2) is 0 Å². The van der Waals surface area contributed by atoms with Gasteiger partial charge in [0, 0.05) is 0 Å². The maximum atomic E-state index is 12.4. The summed E-state index contributed by atoms with van der Waals surface area (Å²) in [7, 11) is 0. The lowest BCUT2D eigenvalue weighted by Gasteiger charge is -2.20. The molecular formula is C48H89NO4. The Kier molecular flexibility index (Phi) is 41.7. The molecule has 0 aliphatic carbocycles. The van der Waals surface area contributed by atoms with Gasteiger partial charge in [-0.05, 0) is 70.6 Å². The first kappa shape index (κ1) is 51.3. The number of amides is 1. The van der Waals surface area contributed by atoms with Crippen LogP contribution in [0.4, 0.5) is 0 Å². The van der Waals surface area contributed by atoms with Gasteiger partial charge >= 0.3 is 0 Å². The second-order valence-electron chi connectivity index (χ2n) is 15.6. The lowest BCUT2D eigenvalue weighted by atomic mass is 10.0. The number of hydrogen-bond acceptors (Lipinski definition) is 4. The van der Waals surface area contributed by atoms with Gasteiger partial charge in [-0.15, -0.1) is 0 Å². The van der Waals surface area contributed by atoms with E-state index in [-0.39, 0.29) is 18.9 Å². The maximum absolute atomic E-state index is 12.4. The molecule has 0 fully saturated rings. The first-order valence-corrected chi connectivity index (χ1v) is 22.9. The fraction of sp³-hybridized carbons (Fsp3) is 0.812. The zero-order chi connectivity index (χ0) is 38.7. The quantitative estimate of drug-likeness (QED) is 0.0371. The highest BCUT2D eigenvalue weighted by Gasteiger charge is 2.20. The molecule has 0 aliphatic heterocycles. The molecule has 4 N–H and O–H groups in total. The SMILES string of the molecule is CCCCCCCC/C=C\CCCCCCCC(O)CC(=O)NC(CO)C(O)/C=C/CC/C=C/CC/C=C/CCCCCCCCCCCCCCC. The maximum Gasteiger partial charge on any atom is 0.222 e. The van der Waals surface area contributed by atoms with Gasteiger partial charge < -0.3 is 20.6 Å². The molecule has 0 aromatic rings. The molecule has 0 bridgehead atoms. The molecule has 0 aromatic heterocycles. The lowest BCUT2D eigenvalue weighted by molar-refractivity contribution is -0.124. The fourth-order valence-electron chi connectivity index (χ4n) is 6.78. The highest BCUT2D eigenvalue weighted by atomic mass is 16.3. The third-order valence-corrected chi connectivity index (χ3v) is 10.3.